The van der Waals surface area contributed by atoms with Gasteiger partial charge in [0.15, 0.2) is 0 Å². The van der Waals surface area contributed by atoms with Gasteiger partial charge in [-0.3, -0.25) is 0 Å². The molecule has 0 unspecified atom stereocenters. The molecule has 0 spiro atoms. The van der Waals surface area contributed by atoms with Crippen LogP contribution >= 0.6 is 0 Å². The zero-order valence-corrected chi connectivity index (χ0v) is 12.6. The number of sulfonamides is 1. The van der Waals surface area contributed by atoms with E-state index in [0.717, 1.165) is 18.4 Å². The minimum Gasteiger partial charge on any atom is -0.310 e. The molecule has 1 fully saturated rings. The van der Waals surface area contributed by atoms with E-state index in [1.165, 1.54) is 16.4 Å². The van der Waals surface area contributed by atoms with Crippen LogP contribution in [0, 0.1) is 5.82 Å². The number of halogens is 1. The normalized spacial score (nSPS) is 19.9. The van der Waals surface area contributed by atoms with Crippen molar-refractivity contribution in [1.29, 1.82) is 0 Å². The molecule has 4 nitrogen and oxygen atoms in total. The Balaban J connectivity index is 1.84. The maximum absolute atomic E-state index is 14.0. The quantitative estimate of drug-likeness (QED) is 0.847. The molecular formula is C15H19FN2O2S. The van der Waals surface area contributed by atoms with Gasteiger partial charge < -0.3 is 5.32 Å². The second-order valence-electron chi connectivity index (χ2n) is 5.54. The molecule has 1 saturated carbocycles. The van der Waals surface area contributed by atoms with E-state index in [2.05, 4.69) is 5.32 Å². The molecule has 2 aliphatic rings. The van der Waals surface area contributed by atoms with Crippen LogP contribution in [0.1, 0.15) is 24.8 Å². The average Bonchev–Trinajstić information content (AvgIpc) is 3.31. The minimum absolute atomic E-state index is 0.215. The first kappa shape index (κ1) is 14.7. The second kappa shape index (κ2) is 5.87. The summed E-state index contributed by atoms with van der Waals surface area (Å²) >= 11 is 0. The van der Waals surface area contributed by atoms with Crippen molar-refractivity contribution in [1.82, 2.24) is 9.62 Å². The summed E-state index contributed by atoms with van der Waals surface area (Å²) in [4.78, 5) is -0.215. The lowest BCUT2D eigenvalue weighted by atomic mass is 10.2. The standard InChI is InChI=1S/C15H19FN2O2S/c16-14-7-4-12(11-17-13-5-6-13)10-15(14)21(19,20)18-8-2-1-3-9-18/h1-2,4,7,10,13,17H,3,5-6,8-9,11H2. The van der Waals surface area contributed by atoms with Crippen molar-refractivity contribution < 1.29 is 12.8 Å². The third kappa shape index (κ3) is 3.33. The summed E-state index contributed by atoms with van der Waals surface area (Å²) in [5.74, 6) is -0.681. The highest BCUT2D eigenvalue weighted by Crippen LogP contribution is 2.23. The number of hydrogen-bond donors (Lipinski definition) is 1. The van der Waals surface area contributed by atoms with Crippen LogP contribution in [0.5, 0.6) is 0 Å². The van der Waals surface area contributed by atoms with Crippen molar-refractivity contribution >= 4 is 10.0 Å². The molecule has 0 bridgehead atoms. The summed E-state index contributed by atoms with van der Waals surface area (Å²) in [6.07, 6.45) is 6.73. The van der Waals surface area contributed by atoms with Crippen molar-refractivity contribution in [3.63, 3.8) is 0 Å². The number of nitrogens with one attached hydrogen (secondary N) is 1. The van der Waals surface area contributed by atoms with Crippen LogP contribution in [0.2, 0.25) is 0 Å². The van der Waals surface area contributed by atoms with Gasteiger partial charge in [0.05, 0.1) is 0 Å². The Morgan fingerprint density at radius 1 is 1.29 bits per heavy atom. The van der Waals surface area contributed by atoms with Crippen molar-refractivity contribution in [2.45, 2.75) is 36.7 Å². The predicted octanol–water partition coefficient (Wildman–Crippen LogP) is 2.03. The maximum Gasteiger partial charge on any atom is 0.246 e. The second-order valence-corrected chi connectivity index (χ2v) is 7.45. The van der Waals surface area contributed by atoms with E-state index in [1.807, 2.05) is 6.08 Å². The summed E-state index contributed by atoms with van der Waals surface area (Å²) in [6, 6.07) is 4.87. The third-order valence-electron chi connectivity index (χ3n) is 3.81. The van der Waals surface area contributed by atoms with E-state index in [9.17, 15) is 12.8 Å². The van der Waals surface area contributed by atoms with Gasteiger partial charge in [-0.05, 0) is 37.0 Å². The Hall–Kier alpha value is -1.24. The van der Waals surface area contributed by atoms with Gasteiger partial charge in [-0.25, -0.2) is 12.8 Å². The van der Waals surface area contributed by atoms with Gasteiger partial charge in [0.1, 0.15) is 10.7 Å². The van der Waals surface area contributed by atoms with Crippen LogP contribution in [0.3, 0.4) is 0 Å². The molecule has 0 aromatic heterocycles. The van der Waals surface area contributed by atoms with Gasteiger partial charge in [0.2, 0.25) is 10.0 Å². The molecule has 6 heteroatoms. The number of nitrogens with zero attached hydrogens (tertiary/aromatic N) is 1. The van der Waals surface area contributed by atoms with Crippen molar-refractivity contribution in [3.05, 3.63) is 41.7 Å². The highest BCUT2D eigenvalue weighted by molar-refractivity contribution is 7.89. The SMILES string of the molecule is O=S(=O)(c1cc(CNC2CC2)ccc1F)N1CC=CCC1. The topological polar surface area (TPSA) is 49.4 Å². The summed E-state index contributed by atoms with van der Waals surface area (Å²) in [5.41, 5.74) is 0.800. The molecule has 1 aromatic rings. The van der Waals surface area contributed by atoms with Gasteiger partial charge >= 0.3 is 0 Å². The monoisotopic (exact) mass is 310 g/mol. The van der Waals surface area contributed by atoms with Crippen molar-refractivity contribution in [3.8, 4) is 0 Å². The smallest absolute Gasteiger partial charge is 0.246 e. The Bertz CT molecular complexity index is 654. The first-order valence-electron chi connectivity index (χ1n) is 7.24. The lowest BCUT2D eigenvalue weighted by Gasteiger charge is -2.23. The zero-order valence-electron chi connectivity index (χ0n) is 11.8. The van der Waals surface area contributed by atoms with E-state index < -0.39 is 15.8 Å². The lowest BCUT2D eigenvalue weighted by molar-refractivity contribution is 0.432. The van der Waals surface area contributed by atoms with Gasteiger partial charge in [-0.1, -0.05) is 18.2 Å². The minimum atomic E-state index is -3.76. The lowest BCUT2D eigenvalue weighted by Crippen LogP contribution is -2.34. The Morgan fingerprint density at radius 2 is 2.10 bits per heavy atom. The molecular weight excluding hydrogens is 291 g/mol. The fourth-order valence-corrected chi connectivity index (χ4v) is 3.90. The van der Waals surface area contributed by atoms with E-state index >= 15 is 0 Å². The molecule has 0 radical (unpaired) electrons. The molecule has 3 rings (SSSR count). The van der Waals surface area contributed by atoms with E-state index in [0.29, 0.717) is 32.1 Å². The molecule has 1 aliphatic carbocycles. The molecule has 0 saturated heterocycles. The molecule has 21 heavy (non-hydrogen) atoms. The van der Waals surface area contributed by atoms with Crippen molar-refractivity contribution in [2.75, 3.05) is 13.1 Å². The van der Waals surface area contributed by atoms with Crippen LogP contribution in [0.25, 0.3) is 0 Å². The molecule has 114 valence electrons. The number of rotatable bonds is 5. The van der Waals surface area contributed by atoms with Crippen LogP contribution in [-0.2, 0) is 16.6 Å². The van der Waals surface area contributed by atoms with E-state index in [1.54, 1.807) is 12.1 Å². The Labute approximate surface area is 124 Å². The summed E-state index contributed by atoms with van der Waals surface area (Å²) in [6.45, 7) is 1.29. The number of benzene rings is 1. The fourth-order valence-electron chi connectivity index (χ4n) is 2.38. The van der Waals surface area contributed by atoms with Crippen molar-refractivity contribution in [2.24, 2.45) is 0 Å². The van der Waals surface area contributed by atoms with Gasteiger partial charge in [0, 0.05) is 25.7 Å². The van der Waals surface area contributed by atoms with Crippen LogP contribution in [0.15, 0.2) is 35.2 Å². The van der Waals surface area contributed by atoms with E-state index in [4.69, 9.17) is 0 Å². The highest BCUT2D eigenvalue weighted by atomic mass is 32.2. The molecule has 0 amide bonds. The maximum atomic E-state index is 14.0. The molecule has 0 atom stereocenters. The summed E-state index contributed by atoms with van der Waals surface area (Å²) < 4.78 is 40.4. The average molecular weight is 310 g/mol. The van der Waals surface area contributed by atoms with Gasteiger partial charge in [-0.2, -0.15) is 4.31 Å². The molecule has 1 N–H and O–H groups in total. The first-order valence-corrected chi connectivity index (χ1v) is 8.68. The number of hydrogen-bond acceptors (Lipinski definition) is 3. The van der Waals surface area contributed by atoms with Crippen LogP contribution in [-0.4, -0.2) is 31.9 Å². The largest absolute Gasteiger partial charge is 0.310 e. The molecule has 1 aliphatic heterocycles. The van der Waals surface area contributed by atoms with E-state index in [-0.39, 0.29) is 4.90 Å². The molecule has 1 heterocycles. The third-order valence-corrected chi connectivity index (χ3v) is 5.69. The summed E-state index contributed by atoms with van der Waals surface area (Å²) in [5, 5.41) is 3.31. The van der Waals surface area contributed by atoms with Gasteiger partial charge in [0.25, 0.3) is 0 Å². The van der Waals surface area contributed by atoms with Gasteiger partial charge in [-0.15, -0.1) is 0 Å². The fraction of sp³-hybridized carbons (Fsp3) is 0.467. The Kier molecular flexibility index (Phi) is 4.10. The zero-order chi connectivity index (χ0) is 14.9. The molecule has 1 aromatic carbocycles. The predicted molar refractivity (Wildman–Crippen MR) is 78.8 cm³/mol. The van der Waals surface area contributed by atoms with Crippen LogP contribution < -0.4 is 5.32 Å². The first-order chi connectivity index (χ1) is 10.1. The van der Waals surface area contributed by atoms with Crippen LogP contribution in [0.4, 0.5) is 4.39 Å². The Morgan fingerprint density at radius 3 is 2.76 bits per heavy atom. The summed E-state index contributed by atoms with van der Waals surface area (Å²) in [7, 11) is -3.76. The highest BCUT2D eigenvalue weighted by Gasteiger charge is 2.28.